The van der Waals surface area contributed by atoms with Crippen molar-refractivity contribution in [2.24, 2.45) is 5.92 Å². The first-order chi connectivity index (χ1) is 12.5. The normalized spacial score (nSPS) is 15.0. The minimum absolute atomic E-state index is 0.132. The molecule has 1 amide bonds. The van der Waals surface area contributed by atoms with Crippen LogP contribution < -0.4 is 0 Å². The molecule has 0 saturated carbocycles. The largest absolute Gasteiger partial charge is 0.508 e. The van der Waals surface area contributed by atoms with Gasteiger partial charge in [0.2, 0.25) is 0 Å². The number of carbonyl (C=O) groups excluding carboxylic acids is 1. The van der Waals surface area contributed by atoms with Crippen molar-refractivity contribution >= 4 is 11.6 Å². The number of amides is 1. The molecule has 1 aliphatic rings. The van der Waals surface area contributed by atoms with Crippen LogP contribution in [-0.2, 0) is 6.42 Å². The maximum atomic E-state index is 12.6. The highest BCUT2D eigenvalue weighted by Crippen LogP contribution is 2.26. The summed E-state index contributed by atoms with van der Waals surface area (Å²) in [5.74, 6) is 0.559. The summed E-state index contributed by atoms with van der Waals surface area (Å²) in [4.78, 5) is 25.0. The molecule has 0 bridgehead atoms. The topological polar surface area (TPSA) is 83.7 Å². The number of aromatic hydroxyl groups is 1. The lowest BCUT2D eigenvalue weighted by Gasteiger charge is -2.32. The number of hydrogen-bond donors (Lipinski definition) is 1. The third kappa shape index (κ3) is 4.20. The minimum atomic E-state index is -0.502. The number of nitro benzene ring substituents is 1. The fraction of sp³-hybridized carbons (Fsp3) is 0.350. The lowest BCUT2D eigenvalue weighted by Crippen LogP contribution is -2.38. The smallest absolute Gasteiger partial charge is 0.282 e. The number of nitrogens with zero attached hydrogens (tertiary/aromatic N) is 2. The first-order valence-corrected chi connectivity index (χ1v) is 8.85. The molecule has 0 radical (unpaired) electrons. The van der Waals surface area contributed by atoms with Gasteiger partial charge in [-0.05, 0) is 55.4 Å². The summed E-state index contributed by atoms with van der Waals surface area (Å²) in [5.41, 5.74) is 1.23. The maximum Gasteiger partial charge on any atom is 0.282 e. The van der Waals surface area contributed by atoms with Crippen LogP contribution in [0.2, 0.25) is 0 Å². The average molecular weight is 354 g/mol. The molecule has 0 spiro atoms. The number of phenolic OH excluding ortho intramolecular Hbond substituents is 1. The van der Waals surface area contributed by atoms with Crippen molar-refractivity contribution in [2.45, 2.75) is 25.7 Å². The number of piperidine rings is 1. The Balaban J connectivity index is 1.54. The number of rotatable bonds is 5. The Morgan fingerprint density at radius 1 is 1.12 bits per heavy atom. The van der Waals surface area contributed by atoms with Crippen LogP contribution in [0.15, 0.2) is 48.5 Å². The van der Waals surface area contributed by atoms with Gasteiger partial charge in [0.25, 0.3) is 11.6 Å². The number of likely N-dealkylation sites (tertiary alicyclic amines) is 1. The highest BCUT2D eigenvalue weighted by atomic mass is 16.6. The average Bonchev–Trinajstić information content (AvgIpc) is 2.67. The van der Waals surface area contributed by atoms with E-state index in [1.165, 1.54) is 17.7 Å². The summed E-state index contributed by atoms with van der Waals surface area (Å²) in [6.07, 6.45) is 3.80. The molecule has 0 aliphatic carbocycles. The maximum absolute atomic E-state index is 12.6. The molecule has 136 valence electrons. The van der Waals surface area contributed by atoms with Crippen molar-refractivity contribution in [1.82, 2.24) is 4.90 Å². The fourth-order valence-corrected chi connectivity index (χ4v) is 3.44. The second kappa shape index (κ2) is 7.99. The number of benzene rings is 2. The quantitative estimate of drug-likeness (QED) is 0.654. The van der Waals surface area contributed by atoms with Crippen molar-refractivity contribution in [3.63, 3.8) is 0 Å². The van der Waals surface area contributed by atoms with E-state index in [0.29, 0.717) is 19.0 Å². The zero-order valence-electron chi connectivity index (χ0n) is 14.5. The van der Waals surface area contributed by atoms with Gasteiger partial charge in [-0.25, -0.2) is 0 Å². The Hall–Kier alpha value is -2.89. The molecule has 0 atom stereocenters. The summed E-state index contributed by atoms with van der Waals surface area (Å²) in [6, 6.07) is 13.4. The van der Waals surface area contributed by atoms with Gasteiger partial charge in [-0.15, -0.1) is 0 Å². The summed E-state index contributed by atoms with van der Waals surface area (Å²) in [5, 5.41) is 20.4. The Labute approximate surface area is 152 Å². The Bertz CT molecular complexity index is 781. The van der Waals surface area contributed by atoms with Gasteiger partial charge in [0.15, 0.2) is 0 Å². The monoisotopic (exact) mass is 354 g/mol. The summed E-state index contributed by atoms with van der Waals surface area (Å²) in [6.45, 7) is 1.26. The molecule has 1 saturated heterocycles. The van der Waals surface area contributed by atoms with E-state index in [9.17, 15) is 20.0 Å². The van der Waals surface area contributed by atoms with Gasteiger partial charge in [-0.3, -0.25) is 14.9 Å². The van der Waals surface area contributed by atoms with Crippen molar-refractivity contribution in [2.75, 3.05) is 13.1 Å². The summed E-state index contributed by atoms with van der Waals surface area (Å²) < 4.78 is 0. The van der Waals surface area contributed by atoms with Crippen LogP contribution in [0.4, 0.5) is 5.69 Å². The number of para-hydroxylation sites is 1. The molecule has 0 aromatic heterocycles. The molecule has 6 nitrogen and oxygen atoms in total. The van der Waals surface area contributed by atoms with Crippen molar-refractivity contribution in [3.8, 4) is 5.75 Å². The summed E-state index contributed by atoms with van der Waals surface area (Å²) in [7, 11) is 0. The van der Waals surface area contributed by atoms with E-state index in [-0.39, 0.29) is 22.9 Å². The lowest BCUT2D eigenvalue weighted by molar-refractivity contribution is -0.385. The molecular formula is C20H22N2O4. The van der Waals surface area contributed by atoms with Crippen molar-refractivity contribution in [3.05, 3.63) is 69.8 Å². The Morgan fingerprint density at radius 3 is 2.42 bits per heavy atom. The van der Waals surface area contributed by atoms with Gasteiger partial charge in [-0.1, -0.05) is 24.3 Å². The molecular weight excluding hydrogens is 332 g/mol. The third-order valence-electron chi connectivity index (χ3n) is 5.01. The first kappa shape index (κ1) is 17.9. The number of aryl methyl sites for hydroxylation is 1. The van der Waals surface area contributed by atoms with Crippen LogP contribution in [0.5, 0.6) is 5.75 Å². The van der Waals surface area contributed by atoms with Crippen LogP contribution in [0.25, 0.3) is 0 Å². The highest BCUT2D eigenvalue weighted by molar-refractivity contribution is 5.98. The third-order valence-corrected chi connectivity index (χ3v) is 5.01. The molecule has 6 heteroatoms. The minimum Gasteiger partial charge on any atom is -0.508 e. The zero-order chi connectivity index (χ0) is 18.5. The summed E-state index contributed by atoms with van der Waals surface area (Å²) >= 11 is 0. The number of phenols is 1. The van der Waals surface area contributed by atoms with Gasteiger partial charge in [0.05, 0.1) is 4.92 Å². The van der Waals surface area contributed by atoms with Gasteiger partial charge >= 0.3 is 0 Å². The van der Waals surface area contributed by atoms with Crippen molar-refractivity contribution in [1.29, 1.82) is 0 Å². The number of nitro groups is 1. The Morgan fingerprint density at radius 2 is 1.77 bits per heavy atom. The molecule has 3 rings (SSSR count). The molecule has 26 heavy (non-hydrogen) atoms. The van der Waals surface area contributed by atoms with Gasteiger partial charge in [0.1, 0.15) is 11.3 Å². The van der Waals surface area contributed by atoms with E-state index < -0.39 is 4.92 Å². The van der Waals surface area contributed by atoms with Gasteiger partial charge in [0, 0.05) is 19.2 Å². The zero-order valence-corrected chi connectivity index (χ0v) is 14.5. The molecule has 1 fully saturated rings. The van der Waals surface area contributed by atoms with Crippen molar-refractivity contribution < 1.29 is 14.8 Å². The van der Waals surface area contributed by atoms with E-state index in [0.717, 1.165) is 25.7 Å². The predicted octanol–water partition coefficient (Wildman–Crippen LogP) is 3.79. The molecule has 2 aromatic rings. The first-order valence-electron chi connectivity index (χ1n) is 8.85. The molecule has 1 aliphatic heterocycles. The van der Waals surface area contributed by atoms with Crippen LogP contribution in [0.3, 0.4) is 0 Å². The highest BCUT2D eigenvalue weighted by Gasteiger charge is 2.27. The Kier molecular flexibility index (Phi) is 5.51. The van der Waals surface area contributed by atoms with Gasteiger partial charge in [-0.2, -0.15) is 0 Å². The molecule has 1 N–H and O–H groups in total. The second-order valence-corrected chi connectivity index (χ2v) is 6.71. The van der Waals surface area contributed by atoms with Crippen LogP contribution in [0.1, 0.15) is 35.2 Å². The van der Waals surface area contributed by atoms with E-state index in [1.54, 1.807) is 29.2 Å². The van der Waals surface area contributed by atoms with Gasteiger partial charge < -0.3 is 10.0 Å². The fourth-order valence-electron chi connectivity index (χ4n) is 3.44. The van der Waals surface area contributed by atoms with Crippen LogP contribution in [-0.4, -0.2) is 33.9 Å². The van der Waals surface area contributed by atoms with E-state index in [1.807, 2.05) is 12.1 Å². The number of hydrogen-bond acceptors (Lipinski definition) is 4. The van der Waals surface area contributed by atoms with E-state index >= 15 is 0 Å². The van der Waals surface area contributed by atoms with Crippen LogP contribution >= 0.6 is 0 Å². The SMILES string of the molecule is O=C(c1ccccc1[N+](=O)[O-])N1CCC(CCc2ccc(O)cc2)CC1. The molecule has 2 aromatic carbocycles. The van der Waals surface area contributed by atoms with E-state index in [2.05, 4.69) is 0 Å². The van der Waals surface area contributed by atoms with Crippen LogP contribution in [0, 0.1) is 16.0 Å². The molecule has 0 unspecified atom stereocenters. The second-order valence-electron chi connectivity index (χ2n) is 6.71. The lowest BCUT2D eigenvalue weighted by atomic mass is 9.90. The number of carbonyl (C=O) groups is 1. The molecule has 1 heterocycles. The predicted molar refractivity (Wildman–Crippen MR) is 98.2 cm³/mol. The standard InChI is InChI=1S/C20H22N2O4/c23-17-9-7-15(8-10-17)5-6-16-11-13-21(14-12-16)20(24)18-3-1-2-4-19(18)22(25)26/h1-4,7-10,16,23H,5-6,11-14H2. The van der Waals surface area contributed by atoms with E-state index in [4.69, 9.17) is 0 Å².